The molecule has 2 aromatic heterocycles. The highest BCUT2D eigenvalue weighted by molar-refractivity contribution is 6.84. The van der Waals surface area contributed by atoms with Gasteiger partial charge in [0.2, 0.25) is 0 Å². The summed E-state index contributed by atoms with van der Waals surface area (Å²) in [5, 5.41) is 2.88. The van der Waals surface area contributed by atoms with Crippen molar-refractivity contribution in [2.75, 3.05) is 45.1 Å². The van der Waals surface area contributed by atoms with E-state index < -0.39 is 41.7 Å². The molecule has 14 nitrogen and oxygen atoms in total. The summed E-state index contributed by atoms with van der Waals surface area (Å²) in [5.74, 6) is -0.0182. The Morgan fingerprint density at radius 1 is 0.940 bits per heavy atom. The fraction of sp³-hybridized carbons (Fsp3) is 0.647. The van der Waals surface area contributed by atoms with E-state index in [0.29, 0.717) is 43.1 Å². The van der Waals surface area contributed by atoms with Crippen LogP contribution in [-0.2, 0) is 31.9 Å². The fourth-order valence-corrected chi connectivity index (χ4v) is 18.1. The van der Waals surface area contributed by atoms with Crippen molar-refractivity contribution in [1.29, 1.82) is 0 Å². The number of aromatic nitrogens is 4. The number of imidazole rings is 1. The van der Waals surface area contributed by atoms with E-state index in [4.69, 9.17) is 37.6 Å². The van der Waals surface area contributed by atoms with Crippen molar-refractivity contribution in [2.24, 2.45) is 5.73 Å². The average molecular weight is 731 g/mol. The lowest BCUT2D eigenvalue weighted by Crippen LogP contribution is -2.66. The van der Waals surface area contributed by atoms with Crippen molar-refractivity contribution in [3.63, 3.8) is 0 Å². The van der Waals surface area contributed by atoms with E-state index in [0.717, 1.165) is 0 Å². The van der Waals surface area contributed by atoms with Gasteiger partial charge in [0, 0.05) is 12.1 Å². The Morgan fingerprint density at radius 2 is 1.62 bits per heavy atom. The summed E-state index contributed by atoms with van der Waals surface area (Å²) in [6, 6.07) is 8.94. The van der Waals surface area contributed by atoms with Crippen LogP contribution in [-0.4, -0.2) is 101 Å². The van der Waals surface area contributed by atoms with Crippen molar-refractivity contribution in [2.45, 2.75) is 102 Å². The number of carbonyl (C=O) groups is 1. The molecular weight excluding hydrogens is 677 g/mol. The topological polar surface area (TPSA) is 163 Å². The predicted octanol–water partition coefficient (Wildman–Crippen LogP) is 5.27. The lowest BCUT2D eigenvalue weighted by atomic mass is 10.1. The van der Waals surface area contributed by atoms with Crippen LogP contribution in [0.15, 0.2) is 43.0 Å². The highest BCUT2D eigenvalue weighted by atomic mass is 28.5. The van der Waals surface area contributed by atoms with E-state index in [9.17, 15) is 4.79 Å². The molecule has 4 atom stereocenters. The molecule has 2 aliphatic rings. The van der Waals surface area contributed by atoms with Gasteiger partial charge in [-0.3, -0.25) is 9.36 Å². The van der Waals surface area contributed by atoms with Crippen LogP contribution in [0.4, 0.5) is 5.82 Å². The third-order valence-corrected chi connectivity index (χ3v) is 19.7. The zero-order chi connectivity index (χ0) is 36.1. The van der Waals surface area contributed by atoms with E-state index in [1.54, 1.807) is 30.6 Å². The summed E-state index contributed by atoms with van der Waals surface area (Å²) in [6.07, 6.45) is 0.634. The summed E-state index contributed by atoms with van der Waals surface area (Å²) < 4.78 is 48.3. The molecule has 16 heteroatoms. The fourth-order valence-electron chi connectivity index (χ4n) is 6.91. The van der Waals surface area contributed by atoms with Crippen LogP contribution in [0, 0.1) is 0 Å². The summed E-state index contributed by atoms with van der Waals surface area (Å²) >= 11 is 0. The van der Waals surface area contributed by atoms with Crippen molar-refractivity contribution >= 4 is 40.0 Å². The standard InChI is InChI=1S/C34H54N6O8Si2/c1-22(2)49(23(3)4)45-18-27-29(47-50(48-49,24(5)6)25(7)8)30(44-21-43-17-16-42-15-14-35)34(46-27)40-20-38-28-31(36-19-37-32(28)40)39-33(41)26-12-10-9-11-13-26/h9-13,19-20,22-25,27,29-30,34H,14-18,21,35H2,1-8H3,(H,36,37,39,41)/t27-,29+,30?,34-/m1/s1. The number of anilines is 1. The second-order valence-electron chi connectivity index (χ2n) is 14.0. The lowest BCUT2D eigenvalue weighted by Gasteiger charge is -2.51. The van der Waals surface area contributed by atoms with E-state index >= 15 is 0 Å². The quantitative estimate of drug-likeness (QED) is 0.119. The van der Waals surface area contributed by atoms with Crippen LogP contribution in [0.2, 0.25) is 22.2 Å². The van der Waals surface area contributed by atoms with Gasteiger partial charge in [0.15, 0.2) is 23.2 Å². The van der Waals surface area contributed by atoms with E-state index in [1.807, 2.05) is 10.6 Å². The highest BCUT2D eigenvalue weighted by Gasteiger charge is 2.62. The minimum absolute atomic E-state index is 0.0284. The molecule has 0 bridgehead atoms. The average Bonchev–Trinajstić information content (AvgIpc) is 3.65. The van der Waals surface area contributed by atoms with Gasteiger partial charge in [-0.15, -0.1) is 0 Å². The maximum Gasteiger partial charge on any atom is 0.335 e. The first kappa shape index (κ1) is 38.6. The first-order chi connectivity index (χ1) is 23.9. The van der Waals surface area contributed by atoms with Crippen molar-refractivity contribution in [3.8, 4) is 0 Å². The minimum atomic E-state index is -3.00. The number of hydrogen-bond acceptors (Lipinski definition) is 12. The molecular formula is C34H54N6O8Si2. The molecule has 0 spiro atoms. The maximum atomic E-state index is 13.0. The van der Waals surface area contributed by atoms with Crippen molar-refractivity contribution < 1.29 is 36.7 Å². The number of nitrogens with one attached hydrogen (secondary N) is 1. The van der Waals surface area contributed by atoms with E-state index in [1.165, 1.54) is 6.33 Å². The van der Waals surface area contributed by atoms with Gasteiger partial charge in [0.1, 0.15) is 31.4 Å². The molecule has 2 aliphatic heterocycles. The van der Waals surface area contributed by atoms with Gasteiger partial charge >= 0.3 is 17.1 Å². The zero-order valence-electron chi connectivity index (χ0n) is 30.5. The number of nitrogens with zero attached hydrogens (tertiary/aromatic N) is 4. The molecule has 50 heavy (non-hydrogen) atoms. The molecule has 1 amide bonds. The molecule has 3 aromatic rings. The SMILES string of the molecule is CC(C)[Si]1(C(C)C)OC[C@H]2O[C@@H](n3cnc4c(NC(=O)c5ccccc5)ncnc43)C(OCOCCOCCN)[C@H]2O[Si](C(C)C)(C(C)C)O1. The van der Waals surface area contributed by atoms with Gasteiger partial charge < -0.3 is 43.0 Å². The van der Waals surface area contributed by atoms with Crippen LogP contribution in [0.1, 0.15) is 72.0 Å². The van der Waals surface area contributed by atoms with Gasteiger partial charge in [-0.1, -0.05) is 73.6 Å². The van der Waals surface area contributed by atoms with Gasteiger partial charge in [-0.2, -0.15) is 0 Å². The zero-order valence-corrected chi connectivity index (χ0v) is 32.5. The second kappa shape index (κ2) is 16.8. The number of nitrogens with two attached hydrogens (primary N) is 1. The van der Waals surface area contributed by atoms with Crippen molar-refractivity contribution in [3.05, 3.63) is 48.5 Å². The number of rotatable bonds is 15. The molecule has 2 fully saturated rings. The molecule has 0 aliphatic carbocycles. The summed E-state index contributed by atoms with van der Waals surface area (Å²) in [4.78, 5) is 26.6. The van der Waals surface area contributed by atoms with Crippen LogP contribution in [0.5, 0.6) is 0 Å². The summed E-state index contributed by atoms with van der Waals surface area (Å²) in [6.45, 7) is 19.4. The second-order valence-corrected chi connectivity index (χ2v) is 22.9. The monoisotopic (exact) mass is 730 g/mol. The molecule has 276 valence electrons. The van der Waals surface area contributed by atoms with Crippen molar-refractivity contribution in [1.82, 2.24) is 19.5 Å². The number of amides is 1. The van der Waals surface area contributed by atoms with Crippen LogP contribution in [0.3, 0.4) is 0 Å². The normalized spacial score (nSPS) is 23.5. The summed E-state index contributed by atoms with van der Waals surface area (Å²) in [7, 11) is -5.80. The van der Waals surface area contributed by atoms with Crippen LogP contribution >= 0.6 is 0 Å². The number of benzene rings is 1. The Hall–Kier alpha value is -2.65. The Balaban J connectivity index is 1.51. The van der Waals surface area contributed by atoms with Gasteiger partial charge in [-0.25, -0.2) is 15.0 Å². The van der Waals surface area contributed by atoms with Crippen LogP contribution in [0.25, 0.3) is 11.2 Å². The number of carbonyl (C=O) groups excluding carboxylic acids is 1. The first-order valence-electron chi connectivity index (χ1n) is 17.6. The number of ether oxygens (including phenoxy) is 4. The summed E-state index contributed by atoms with van der Waals surface area (Å²) in [5.41, 5.74) is 7.52. The molecule has 3 N–H and O–H groups in total. The molecule has 2 saturated heterocycles. The number of hydrogen-bond donors (Lipinski definition) is 2. The molecule has 0 saturated carbocycles. The Labute approximate surface area is 297 Å². The third-order valence-electron chi connectivity index (χ3n) is 9.50. The van der Waals surface area contributed by atoms with Crippen LogP contribution < -0.4 is 11.1 Å². The molecule has 5 rings (SSSR count). The van der Waals surface area contributed by atoms with E-state index in [2.05, 4.69) is 75.7 Å². The Kier molecular flexibility index (Phi) is 13.0. The first-order valence-corrected chi connectivity index (χ1v) is 21.6. The predicted molar refractivity (Wildman–Crippen MR) is 193 cm³/mol. The van der Waals surface area contributed by atoms with Gasteiger partial charge in [0.05, 0.1) is 32.8 Å². The minimum Gasteiger partial charge on any atom is -0.414 e. The van der Waals surface area contributed by atoms with Gasteiger partial charge in [-0.05, 0) is 34.3 Å². The molecule has 1 unspecified atom stereocenters. The Bertz CT molecular complexity index is 1530. The van der Waals surface area contributed by atoms with E-state index in [-0.39, 0.29) is 47.3 Å². The Morgan fingerprint density at radius 3 is 2.28 bits per heavy atom. The lowest BCUT2D eigenvalue weighted by molar-refractivity contribution is -0.142. The largest absolute Gasteiger partial charge is 0.414 e. The third kappa shape index (κ3) is 7.89. The molecule has 1 aromatic carbocycles. The molecule has 4 heterocycles. The highest BCUT2D eigenvalue weighted by Crippen LogP contribution is 2.49. The smallest absolute Gasteiger partial charge is 0.335 e. The molecule has 0 radical (unpaired) electrons. The number of fused-ring (bicyclic) bond motifs is 2. The van der Waals surface area contributed by atoms with Gasteiger partial charge in [0.25, 0.3) is 5.91 Å². The maximum absolute atomic E-state index is 13.0.